The number of rotatable bonds is 18. The number of amides is 2. The highest BCUT2D eigenvalue weighted by molar-refractivity contribution is 5.68. The average Bonchev–Trinajstić information content (AvgIpc) is 3.12. The van der Waals surface area contributed by atoms with Crippen LogP contribution in [-0.2, 0) is 42.0 Å². The van der Waals surface area contributed by atoms with E-state index in [0.29, 0.717) is 26.2 Å². The van der Waals surface area contributed by atoms with Crippen LogP contribution in [-0.4, -0.2) is 70.7 Å². The minimum absolute atomic E-state index is 0.138. The van der Waals surface area contributed by atoms with E-state index < -0.39 is 5.60 Å². The van der Waals surface area contributed by atoms with Gasteiger partial charge in [0.2, 0.25) is 6.41 Å². The fourth-order valence-corrected chi connectivity index (χ4v) is 6.00. The van der Waals surface area contributed by atoms with Crippen LogP contribution in [0, 0.1) is 0 Å². The molecule has 0 spiro atoms. The minimum atomic E-state index is -0.629. The van der Waals surface area contributed by atoms with Crippen molar-refractivity contribution in [2.75, 3.05) is 26.7 Å². The first-order valence-electron chi connectivity index (χ1n) is 17.8. The molecule has 0 aliphatic rings. The first-order chi connectivity index (χ1) is 24.2. The molecule has 4 rings (SSSR count). The number of nitrogens with zero attached hydrogens (tertiary/aromatic N) is 3. The number of carbonyl (C=O) groups excluding carboxylic acids is 2. The number of benzene rings is 4. The molecule has 1 N–H and O–H groups in total. The van der Waals surface area contributed by atoms with E-state index in [1.807, 2.05) is 51.1 Å². The summed E-state index contributed by atoms with van der Waals surface area (Å²) in [6, 6.07) is 40.3. The van der Waals surface area contributed by atoms with Crippen LogP contribution in [0.1, 0.15) is 68.4 Å². The Balaban J connectivity index is 0.00000332. The van der Waals surface area contributed by atoms with Crippen LogP contribution in [0.3, 0.4) is 0 Å². The van der Waals surface area contributed by atoms with Crippen LogP contribution >= 0.6 is 0 Å². The Morgan fingerprint density at radius 3 is 1.70 bits per heavy atom. The molecule has 0 aromatic heterocycles. The van der Waals surface area contributed by atoms with Crippen molar-refractivity contribution in [3.8, 4) is 0 Å². The molecule has 1 atom stereocenters. The molecule has 0 bridgehead atoms. The van der Waals surface area contributed by atoms with Crippen LogP contribution < -0.4 is 0 Å². The summed E-state index contributed by atoms with van der Waals surface area (Å²) >= 11 is 0. The summed E-state index contributed by atoms with van der Waals surface area (Å²) < 4.78 is 5.90. The molecule has 7 nitrogen and oxygen atoms in total. The number of aryl methyl sites for hydroxylation is 1. The Hall–Kier alpha value is -4.46. The lowest BCUT2D eigenvalue weighted by molar-refractivity contribution is -0.118. The predicted molar refractivity (Wildman–Crippen MR) is 204 cm³/mol. The maximum Gasteiger partial charge on any atom is 0.410 e. The molecular weight excluding hydrogens is 622 g/mol. The Bertz CT molecular complexity index is 1470. The monoisotopic (exact) mass is 679 g/mol. The molecular formula is C43H57N3O4. The van der Waals surface area contributed by atoms with Crippen molar-refractivity contribution in [1.82, 2.24) is 14.7 Å². The maximum absolute atomic E-state index is 13.6. The van der Waals surface area contributed by atoms with Crippen LogP contribution in [0.2, 0.25) is 0 Å². The molecule has 268 valence electrons. The van der Waals surface area contributed by atoms with Gasteiger partial charge in [-0.25, -0.2) is 4.79 Å². The first kappa shape index (κ1) is 40.0. The highest BCUT2D eigenvalue weighted by Crippen LogP contribution is 2.22. The van der Waals surface area contributed by atoms with Gasteiger partial charge in [0.05, 0.1) is 0 Å². The Morgan fingerprint density at radius 2 is 1.20 bits per heavy atom. The van der Waals surface area contributed by atoms with Crippen molar-refractivity contribution in [2.24, 2.45) is 0 Å². The van der Waals surface area contributed by atoms with Crippen molar-refractivity contribution in [3.05, 3.63) is 143 Å². The van der Waals surface area contributed by atoms with Gasteiger partial charge in [0.1, 0.15) is 5.60 Å². The summed E-state index contributed by atoms with van der Waals surface area (Å²) in [5, 5.41) is 7.00. The van der Waals surface area contributed by atoms with E-state index in [1.165, 1.54) is 22.3 Å². The smallest absolute Gasteiger partial charge is 0.410 e. The van der Waals surface area contributed by atoms with E-state index in [1.54, 1.807) is 9.80 Å². The topological polar surface area (TPSA) is 73.3 Å². The van der Waals surface area contributed by atoms with Crippen LogP contribution in [0.5, 0.6) is 0 Å². The van der Waals surface area contributed by atoms with Gasteiger partial charge in [-0.15, -0.1) is 0 Å². The largest absolute Gasteiger partial charge is 0.444 e. The van der Waals surface area contributed by atoms with Crippen LogP contribution in [0.25, 0.3) is 0 Å². The number of ether oxygens (including phenoxy) is 1. The second kappa shape index (κ2) is 21.6. The third kappa shape index (κ3) is 14.6. The molecule has 7 heteroatoms. The highest BCUT2D eigenvalue weighted by atomic mass is 16.6. The zero-order chi connectivity index (χ0) is 36.2. The standard InChI is InChI=1S/C42H53N3O3.CH4O/c1-5-16-35-23-15-24-39(29-35)30-40(45(32-37-19-11-7-12-20-37)33-38-21-13-8-14-22-38)25-26-44(41(47)48-42(2,3)4)28-27-43(34-46)31-36-17-9-6-10-18-36;1-2/h6-15,17-24,29,34,40H,5,16,25-28,30-33H2,1-4H3;2H,1H3/t40-;/m1./s1. The second-order valence-corrected chi connectivity index (χ2v) is 13.6. The maximum atomic E-state index is 13.6. The Kier molecular flexibility index (Phi) is 17.3. The minimum Gasteiger partial charge on any atom is -0.444 e. The molecule has 4 aromatic rings. The second-order valence-electron chi connectivity index (χ2n) is 13.6. The summed E-state index contributed by atoms with van der Waals surface area (Å²) in [5.74, 6) is 0. The SMILES string of the molecule is CCCc1cccc(C[C@@H](CCN(CCN(C=O)Cc2ccccc2)C(=O)OC(C)(C)C)N(Cc2ccccc2)Cc2ccccc2)c1.CO. The van der Waals surface area contributed by atoms with Crippen molar-refractivity contribution in [1.29, 1.82) is 0 Å². The van der Waals surface area contributed by atoms with Gasteiger partial charge in [-0.3, -0.25) is 9.69 Å². The quantitative estimate of drug-likeness (QED) is 0.108. The lowest BCUT2D eigenvalue weighted by atomic mass is 9.97. The molecule has 0 heterocycles. The molecule has 0 radical (unpaired) electrons. The number of hydrogen-bond acceptors (Lipinski definition) is 5. The van der Waals surface area contributed by atoms with Crippen LogP contribution in [0.15, 0.2) is 115 Å². The molecule has 50 heavy (non-hydrogen) atoms. The summed E-state index contributed by atoms with van der Waals surface area (Å²) in [7, 11) is 1.00. The zero-order valence-corrected chi connectivity index (χ0v) is 30.7. The van der Waals surface area contributed by atoms with E-state index in [-0.39, 0.29) is 12.1 Å². The number of aliphatic hydroxyl groups excluding tert-OH is 1. The van der Waals surface area contributed by atoms with Gasteiger partial charge in [0, 0.05) is 52.4 Å². The van der Waals surface area contributed by atoms with Gasteiger partial charge in [0.15, 0.2) is 0 Å². The van der Waals surface area contributed by atoms with Gasteiger partial charge < -0.3 is 19.6 Å². The van der Waals surface area contributed by atoms with E-state index in [9.17, 15) is 9.59 Å². The highest BCUT2D eigenvalue weighted by Gasteiger charge is 2.26. The van der Waals surface area contributed by atoms with E-state index >= 15 is 0 Å². The summed E-state index contributed by atoms with van der Waals surface area (Å²) in [6.45, 7) is 11.3. The average molecular weight is 680 g/mol. The fraction of sp³-hybridized carbons (Fsp3) is 0.395. The van der Waals surface area contributed by atoms with Crippen molar-refractivity contribution in [3.63, 3.8) is 0 Å². The van der Waals surface area contributed by atoms with Gasteiger partial charge in [0.25, 0.3) is 0 Å². The molecule has 0 aliphatic heterocycles. The van der Waals surface area contributed by atoms with Crippen molar-refractivity contribution >= 4 is 12.5 Å². The molecule has 0 saturated carbocycles. The lowest BCUT2D eigenvalue weighted by Gasteiger charge is -2.35. The fourth-order valence-electron chi connectivity index (χ4n) is 6.00. The summed E-state index contributed by atoms with van der Waals surface area (Å²) in [4.78, 5) is 31.8. The third-order valence-electron chi connectivity index (χ3n) is 8.39. The first-order valence-corrected chi connectivity index (χ1v) is 17.8. The van der Waals surface area contributed by atoms with Gasteiger partial charge >= 0.3 is 6.09 Å². The van der Waals surface area contributed by atoms with E-state index in [4.69, 9.17) is 9.84 Å². The van der Waals surface area contributed by atoms with Crippen molar-refractivity contribution < 1.29 is 19.4 Å². The zero-order valence-electron chi connectivity index (χ0n) is 30.7. The normalized spacial score (nSPS) is 11.7. The molecule has 4 aromatic carbocycles. The summed E-state index contributed by atoms with van der Waals surface area (Å²) in [5.41, 5.74) is 5.59. The third-order valence-corrected chi connectivity index (χ3v) is 8.39. The number of hydrogen-bond donors (Lipinski definition) is 1. The molecule has 0 aliphatic carbocycles. The number of carbonyl (C=O) groups is 2. The molecule has 0 unspecified atom stereocenters. The van der Waals surface area contributed by atoms with E-state index in [2.05, 4.69) is 96.8 Å². The van der Waals surface area contributed by atoms with Gasteiger partial charge in [-0.1, -0.05) is 129 Å². The predicted octanol–water partition coefficient (Wildman–Crippen LogP) is 8.15. The molecule has 0 fully saturated rings. The Morgan fingerprint density at radius 1 is 0.700 bits per heavy atom. The molecule has 2 amide bonds. The summed E-state index contributed by atoms with van der Waals surface area (Å²) in [6.07, 6.45) is 4.28. The van der Waals surface area contributed by atoms with E-state index in [0.717, 1.165) is 57.9 Å². The Labute approximate surface area is 300 Å². The van der Waals surface area contributed by atoms with Crippen molar-refractivity contribution in [2.45, 2.75) is 84.7 Å². The van der Waals surface area contributed by atoms with Gasteiger partial charge in [-0.2, -0.15) is 0 Å². The van der Waals surface area contributed by atoms with Gasteiger partial charge in [-0.05, 0) is 67.9 Å². The van der Waals surface area contributed by atoms with Crippen LogP contribution in [0.4, 0.5) is 4.79 Å². The molecule has 0 saturated heterocycles. The number of aliphatic hydroxyl groups is 1. The lowest BCUT2D eigenvalue weighted by Crippen LogP contribution is -2.44.